The Morgan fingerprint density at radius 1 is 1.20 bits per heavy atom. The molecule has 0 N–H and O–H groups in total. The lowest BCUT2D eigenvalue weighted by Gasteiger charge is -2.17. The number of carbonyl (C=O) groups is 1. The highest BCUT2D eigenvalue weighted by atomic mass is 32.1. The van der Waals surface area contributed by atoms with Crippen molar-refractivity contribution < 1.29 is 14.3 Å². The second-order valence-electron chi connectivity index (χ2n) is 7.20. The number of unbranched alkanes of at least 4 members (excludes halogenated alkanes) is 1. The summed E-state index contributed by atoms with van der Waals surface area (Å²) in [5, 5.41) is 0.542. The van der Waals surface area contributed by atoms with Crippen LogP contribution < -0.4 is 10.3 Å². The van der Waals surface area contributed by atoms with Gasteiger partial charge in [-0.2, -0.15) is 0 Å². The first-order chi connectivity index (χ1) is 14.4. The Balaban J connectivity index is 2.08. The first-order valence-corrected chi connectivity index (χ1v) is 11.1. The van der Waals surface area contributed by atoms with Crippen molar-refractivity contribution in [3.63, 3.8) is 0 Å². The number of aromatic nitrogens is 2. The van der Waals surface area contributed by atoms with E-state index in [-0.39, 0.29) is 5.56 Å². The van der Waals surface area contributed by atoms with Crippen molar-refractivity contribution in [2.75, 3.05) is 13.2 Å². The molecule has 1 aromatic carbocycles. The van der Waals surface area contributed by atoms with Crippen LogP contribution in [0.4, 0.5) is 0 Å². The molecular weight excluding hydrogens is 400 g/mol. The molecule has 0 radical (unpaired) electrons. The van der Waals surface area contributed by atoms with E-state index >= 15 is 0 Å². The zero-order chi connectivity index (χ0) is 21.8. The first-order valence-electron chi connectivity index (χ1n) is 10.3. The van der Waals surface area contributed by atoms with Gasteiger partial charge in [-0.25, -0.2) is 9.78 Å². The highest BCUT2D eigenvalue weighted by Crippen LogP contribution is 2.36. The van der Waals surface area contributed by atoms with Gasteiger partial charge < -0.3 is 9.47 Å². The van der Waals surface area contributed by atoms with Gasteiger partial charge >= 0.3 is 5.97 Å². The third-order valence-corrected chi connectivity index (χ3v) is 6.03. The molecule has 0 bridgehead atoms. The Labute approximate surface area is 180 Å². The molecule has 30 heavy (non-hydrogen) atoms. The van der Waals surface area contributed by atoms with Gasteiger partial charge in [0.25, 0.3) is 5.56 Å². The lowest BCUT2D eigenvalue weighted by atomic mass is 10.0. The fourth-order valence-electron chi connectivity index (χ4n) is 3.51. The number of nitrogens with zero attached hydrogens (tertiary/aromatic N) is 2. The zero-order valence-corrected chi connectivity index (χ0v) is 19.0. The maximum Gasteiger partial charge on any atom is 0.329 e. The molecule has 0 amide bonds. The summed E-state index contributed by atoms with van der Waals surface area (Å²) in [6.45, 7) is 10.4. The molecule has 3 rings (SSSR count). The second-order valence-corrected chi connectivity index (χ2v) is 8.41. The second kappa shape index (κ2) is 9.43. The minimum atomic E-state index is -0.736. The Bertz CT molecular complexity index is 1100. The van der Waals surface area contributed by atoms with E-state index in [1.165, 1.54) is 15.9 Å². The third-order valence-electron chi connectivity index (χ3n) is 5.03. The Morgan fingerprint density at radius 3 is 2.53 bits per heavy atom. The summed E-state index contributed by atoms with van der Waals surface area (Å²) in [7, 11) is 0. The molecule has 160 valence electrons. The van der Waals surface area contributed by atoms with E-state index in [2.05, 4.69) is 4.98 Å². The summed E-state index contributed by atoms with van der Waals surface area (Å²) in [6.07, 6.45) is 1.74. The van der Waals surface area contributed by atoms with Gasteiger partial charge in [0.15, 0.2) is 0 Å². The topological polar surface area (TPSA) is 70.4 Å². The molecule has 7 heteroatoms. The Hall–Kier alpha value is -2.67. The molecule has 2 aromatic heterocycles. The number of hydrogen-bond donors (Lipinski definition) is 0. The Kier molecular flexibility index (Phi) is 6.92. The summed E-state index contributed by atoms with van der Waals surface area (Å²) < 4.78 is 12.3. The van der Waals surface area contributed by atoms with Crippen molar-refractivity contribution in [2.45, 2.75) is 53.5 Å². The standard InChI is InChI=1S/C23H28N2O4S/c1-6-8-13-29-23(27)14(3)25-16(5)24-21-20(22(25)26)19(15(4)30-21)17-9-11-18(12-10-17)28-7-2/h9-12,14H,6-8,13H2,1-5H3. The number of aryl methyl sites for hydroxylation is 2. The maximum absolute atomic E-state index is 13.5. The summed E-state index contributed by atoms with van der Waals surface area (Å²) >= 11 is 1.49. The van der Waals surface area contributed by atoms with Crippen LogP contribution in [0, 0.1) is 13.8 Å². The van der Waals surface area contributed by atoms with E-state index in [1.807, 2.05) is 45.0 Å². The zero-order valence-electron chi connectivity index (χ0n) is 18.2. The highest BCUT2D eigenvalue weighted by Gasteiger charge is 2.24. The molecule has 1 unspecified atom stereocenters. The lowest BCUT2D eigenvalue weighted by molar-refractivity contribution is -0.147. The fraction of sp³-hybridized carbons (Fsp3) is 0.435. The summed E-state index contributed by atoms with van der Waals surface area (Å²) in [6, 6.07) is 6.96. The van der Waals surface area contributed by atoms with E-state index < -0.39 is 12.0 Å². The smallest absolute Gasteiger partial charge is 0.329 e. The van der Waals surface area contributed by atoms with Gasteiger partial charge in [0.1, 0.15) is 22.4 Å². The van der Waals surface area contributed by atoms with Crippen LogP contribution in [0.3, 0.4) is 0 Å². The molecule has 0 saturated heterocycles. The van der Waals surface area contributed by atoms with Crippen molar-refractivity contribution in [3.05, 3.63) is 45.3 Å². The van der Waals surface area contributed by atoms with Crippen LogP contribution in [0.5, 0.6) is 5.75 Å². The molecular formula is C23H28N2O4S. The SMILES string of the molecule is CCCCOC(=O)C(C)n1c(C)nc2sc(C)c(-c3ccc(OCC)cc3)c2c1=O. The molecule has 2 heterocycles. The van der Waals surface area contributed by atoms with Crippen molar-refractivity contribution in [3.8, 4) is 16.9 Å². The number of carbonyl (C=O) groups excluding carboxylic acids is 1. The predicted octanol–water partition coefficient (Wildman–Crippen LogP) is 5.04. The molecule has 1 atom stereocenters. The quantitative estimate of drug-likeness (QED) is 0.371. The van der Waals surface area contributed by atoms with Crippen LogP contribution in [0.15, 0.2) is 29.1 Å². The number of thiophene rings is 1. The van der Waals surface area contributed by atoms with Crippen LogP contribution in [0.1, 0.15) is 50.4 Å². The van der Waals surface area contributed by atoms with Crippen LogP contribution in [0.25, 0.3) is 21.3 Å². The van der Waals surface area contributed by atoms with E-state index in [0.29, 0.717) is 29.3 Å². The number of rotatable bonds is 8. The van der Waals surface area contributed by atoms with Crippen LogP contribution in [-0.4, -0.2) is 28.7 Å². The molecule has 3 aromatic rings. The van der Waals surface area contributed by atoms with Gasteiger partial charge in [-0.3, -0.25) is 9.36 Å². The lowest BCUT2D eigenvalue weighted by Crippen LogP contribution is -2.32. The average molecular weight is 429 g/mol. The average Bonchev–Trinajstić information content (AvgIpc) is 3.04. The first kappa shape index (κ1) is 22.0. The van der Waals surface area contributed by atoms with Crippen LogP contribution >= 0.6 is 11.3 Å². The molecule has 0 aliphatic carbocycles. The summed E-state index contributed by atoms with van der Waals surface area (Å²) in [5.74, 6) is 0.879. The minimum Gasteiger partial charge on any atom is -0.494 e. The van der Waals surface area contributed by atoms with E-state index in [4.69, 9.17) is 9.47 Å². The number of esters is 1. The normalized spacial score (nSPS) is 12.2. The van der Waals surface area contributed by atoms with Gasteiger partial charge in [0, 0.05) is 10.4 Å². The van der Waals surface area contributed by atoms with Gasteiger partial charge in [0.2, 0.25) is 0 Å². The van der Waals surface area contributed by atoms with Crippen molar-refractivity contribution in [2.24, 2.45) is 0 Å². The van der Waals surface area contributed by atoms with E-state index in [1.54, 1.807) is 13.8 Å². The third kappa shape index (κ3) is 4.26. The summed E-state index contributed by atoms with van der Waals surface area (Å²) in [5.41, 5.74) is 1.57. The van der Waals surface area contributed by atoms with Gasteiger partial charge in [-0.15, -0.1) is 11.3 Å². The van der Waals surface area contributed by atoms with Crippen molar-refractivity contribution in [1.29, 1.82) is 0 Å². The maximum atomic E-state index is 13.5. The van der Waals surface area contributed by atoms with Crippen molar-refractivity contribution >= 4 is 27.5 Å². The molecule has 0 fully saturated rings. The summed E-state index contributed by atoms with van der Waals surface area (Å²) in [4.78, 5) is 32.3. The molecule has 6 nitrogen and oxygen atoms in total. The highest BCUT2D eigenvalue weighted by molar-refractivity contribution is 7.19. The van der Waals surface area contributed by atoms with Crippen LogP contribution in [0.2, 0.25) is 0 Å². The molecule has 0 spiro atoms. The molecule has 0 aliphatic rings. The Morgan fingerprint density at radius 2 is 1.90 bits per heavy atom. The van der Waals surface area contributed by atoms with Gasteiger partial charge in [-0.1, -0.05) is 25.5 Å². The minimum absolute atomic E-state index is 0.217. The van der Waals surface area contributed by atoms with E-state index in [9.17, 15) is 9.59 Å². The van der Waals surface area contributed by atoms with Gasteiger partial charge in [0.05, 0.1) is 18.6 Å². The number of ether oxygens (including phenoxy) is 2. The molecule has 0 saturated carbocycles. The number of benzene rings is 1. The van der Waals surface area contributed by atoms with Gasteiger partial charge in [-0.05, 0) is 51.8 Å². The molecule has 0 aliphatic heterocycles. The monoisotopic (exact) mass is 428 g/mol. The number of fused-ring (bicyclic) bond motifs is 1. The largest absolute Gasteiger partial charge is 0.494 e. The van der Waals surface area contributed by atoms with Crippen molar-refractivity contribution in [1.82, 2.24) is 9.55 Å². The fourth-order valence-corrected chi connectivity index (χ4v) is 4.59. The van der Waals surface area contributed by atoms with E-state index in [0.717, 1.165) is 34.6 Å². The number of hydrogen-bond acceptors (Lipinski definition) is 6. The predicted molar refractivity (Wildman–Crippen MR) is 121 cm³/mol. The van der Waals surface area contributed by atoms with Crippen LogP contribution in [-0.2, 0) is 9.53 Å².